The van der Waals surface area contributed by atoms with Crippen molar-refractivity contribution in [3.05, 3.63) is 15.8 Å². The summed E-state index contributed by atoms with van der Waals surface area (Å²) in [6.45, 7) is 3.08. The minimum atomic E-state index is -1.24. The van der Waals surface area contributed by atoms with Gasteiger partial charge in [-0.3, -0.25) is 14.4 Å². The van der Waals surface area contributed by atoms with Gasteiger partial charge in [0.15, 0.2) is 17.9 Å². The summed E-state index contributed by atoms with van der Waals surface area (Å²) >= 11 is 0. The van der Waals surface area contributed by atoms with Gasteiger partial charge in [0.25, 0.3) is 0 Å². The van der Waals surface area contributed by atoms with Gasteiger partial charge in [0.2, 0.25) is 0 Å². The molecule has 1 aromatic rings. The van der Waals surface area contributed by atoms with Crippen LogP contribution in [0.15, 0.2) is 0 Å². The Morgan fingerprint density at radius 3 is 2.31 bits per heavy atom. The molecule has 1 aliphatic rings. The fourth-order valence-electron chi connectivity index (χ4n) is 2.50. The van der Waals surface area contributed by atoms with Gasteiger partial charge in [-0.1, -0.05) is 0 Å². The quantitative estimate of drug-likeness (QED) is 0.297. The molecular weight excluding hydrogens is 356 g/mol. The molecule has 13 nitrogen and oxygen atoms in total. The number of aromatic amines is 1. The first-order valence-electron chi connectivity index (χ1n) is 7.39. The molecule has 2 heterocycles. The Balaban J connectivity index is 2.39. The lowest BCUT2D eigenvalue weighted by molar-refractivity contribution is -0.391. The molecule has 1 saturated heterocycles. The summed E-state index contributed by atoms with van der Waals surface area (Å²) in [4.78, 5) is 44.2. The number of rotatable bonds is 6. The molecule has 1 fully saturated rings. The van der Waals surface area contributed by atoms with Crippen LogP contribution in [0.3, 0.4) is 0 Å². The Labute approximate surface area is 146 Å². The fraction of sp³-hybridized carbons (Fsp3) is 0.615. The predicted octanol–water partition coefficient (Wildman–Crippen LogP) is -0.421. The molecule has 0 amide bonds. The number of H-pyrrole nitrogens is 1. The maximum absolute atomic E-state index is 11.5. The van der Waals surface area contributed by atoms with E-state index in [1.807, 2.05) is 0 Å². The Hall–Kier alpha value is -3.09. The topological polar surface area (TPSA) is 173 Å². The molecule has 0 bridgehead atoms. The van der Waals surface area contributed by atoms with E-state index in [9.17, 15) is 24.5 Å². The molecule has 1 aromatic heterocycles. The van der Waals surface area contributed by atoms with Crippen molar-refractivity contribution in [1.82, 2.24) is 15.4 Å². The average Bonchev–Trinajstić information content (AvgIpc) is 3.10. The first-order chi connectivity index (χ1) is 12.2. The summed E-state index contributed by atoms with van der Waals surface area (Å²) in [5.41, 5.74) is -0.177. The van der Waals surface area contributed by atoms with Crippen LogP contribution in [0.2, 0.25) is 0 Å². The van der Waals surface area contributed by atoms with Crippen molar-refractivity contribution in [2.24, 2.45) is 0 Å². The SMILES string of the molecule is CC(=O)OC[C@H]1O[C@@H](c2[nH]nnc2[N+](=O)[O-])[C@H](OC(C)=O)[C@@H]1OC(C)=O. The first-order valence-corrected chi connectivity index (χ1v) is 7.39. The first kappa shape index (κ1) is 19.2. The van der Waals surface area contributed by atoms with E-state index in [2.05, 4.69) is 15.4 Å². The fourth-order valence-corrected chi connectivity index (χ4v) is 2.50. The van der Waals surface area contributed by atoms with Crippen LogP contribution >= 0.6 is 0 Å². The van der Waals surface area contributed by atoms with Crippen molar-refractivity contribution in [1.29, 1.82) is 0 Å². The summed E-state index contributed by atoms with van der Waals surface area (Å²) in [6.07, 6.45) is -4.67. The van der Waals surface area contributed by atoms with Crippen molar-refractivity contribution < 1.29 is 38.3 Å². The second kappa shape index (κ2) is 7.86. The number of nitrogens with zero attached hydrogens (tertiary/aromatic N) is 3. The summed E-state index contributed by atoms with van der Waals surface area (Å²) < 4.78 is 20.8. The van der Waals surface area contributed by atoms with Crippen LogP contribution in [0, 0.1) is 10.1 Å². The van der Waals surface area contributed by atoms with Crippen molar-refractivity contribution in [2.75, 3.05) is 6.61 Å². The zero-order valence-corrected chi connectivity index (χ0v) is 14.0. The van der Waals surface area contributed by atoms with Gasteiger partial charge < -0.3 is 29.1 Å². The molecule has 26 heavy (non-hydrogen) atoms. The molecular formula is C13H16N4O9. The molecule has 13 heteroatoms. The van der Waals surface area contributed by atoms with E-state index in [1.165, 1.54) is 6.92 Å². The van der Waals surface area contributed by atoms with E-state index in [-0.39, 0.29) is 12.3 Å². The third-order valence-electron chi connectivity index (χ3n) is 3.38. The number of carbonyl (C=O) groups excluding carboxylic acids is 3. The highest BCUT2D eigenvalue weighted by molar-refractivity contribution is 5.68. The van der Waals surface area contributed by atoms with E-state index in [4.69, 9.17) is 18.9 Å². The van der Waals surface area contributed by atoms with Crippen LogP contribution in [0.4, 0.5) is 5.82 Å². The van der Waals surface area contributed by atoms with Crippen molar-refractivity contribution in [3.63, 3.8) is 0 Å². The monoisotopic (exact) mass is 372 g/mol. The van der Waals surface area contributed by atoms with E-state index >= 15 is 0 Å². The van der Waals surface area contributed by atoms with Gasteiger partial charge in [-0.25, -0.2) is 5.10 Å². The summed E-state index contributed by atoms with van der Waals surface area (Å²) in [6, 6.07) is 0. The molecule has 1 N–H and O–H groups in total. The second-order valence-electron chi connectivity index (χ2n) is 5.35. The molecule has 2 rings (SSSR count). The van der Waals surface area contributed by atoms with Crippen molar-refractivity contribution >= 4 is 23.7 Å². The normalized spacial score (nSPS) is 24.7. The largest absolute Gasteiger partial charge is 0.463 e. The number of esters is 3. The smallest absolute Gasteiger partial charge is 0.416 e. The van der Waals surface area contributed by atoms with Crippen LogP contribution in [0.25, 0.3) is 0 Å². The number of carbonyl (C=O) groups is 3. The lowest BCUT2D eigenvalue weighted by atomic mass is 10.1. The third-order valence-corrected chi connectivity index (χ3v) is 3.38. The van der Waals surface area contributed by atoms with E-state index < -0.39 is 53.1 Å². The second-order valence-corrected chi connectivity index (χ2v) is 5.35. The summed E-state index contributed by atoms with van der Waals surface area (Å²) in [5, 5.41) is 20.1. The van der Waals surface area contributed by atoms with E-state index in [0.717, 1.165) is 13.8 Å². The van der Waals surface area contributed by atoms with E-state index in [0.29, 0.717) is 0 Å². The van der Waals surface area contributed by atoms with Gasteiger partial charge in [-0.2, -0.15) is 0 Å². The molecule has 0 radical (unpaired) electrons. The van der Waals surface area contributed by atoms with Crippen LogP contribution in [0.5, 0.6) is 0 Å². The van der Waals surface area contributed by atoms with Crippen LogP contribution in [-0.4, -0.2) is 63.2 Å². The number of ether oxygens (including phenoxy) is 4. The zero-order valence-electron chi connectivity index (χ0n) is 14.0. The molecule has 1 aliphatic heterocycles. The number of hydrogen-bond acceptors (Lipinski definition) is 11. The highest BCUT2D eigenvalue weighted by atomic mass is 16.7. The van der Waals surface area contributed by atoms with Crippen LogP contribution in [0.1, 0.15) is 32.6 Å². The summed E-state index contributed by atoms with van der Waals surface area (Å²) in [7, 11) is 0. The van der Waals surface area contributed by atoms with Gasteiger partial charge in [0, 0.05) is 26.0 Å². The molecule has 0 aromatic carbocycles. The van der Waals surface area contributed by atoms with Crippen LogP contribution in [-0.2, 0) is 33.3 Å². The molecule has 0 spiro atoms. The van der Waals surface area contributed by atoms with Gasteiger partial charge in [-0.15, -0.1) is 0 Å². The molecule has 0 saturated carbocycles. The minimum Gasteiger partial charge on any atom is -0.463 e. The number of aromatic nitrogens is 3. The number of nitrogens with one attached hydrogen (secondary N) is 1. The number of nitro groups is 1. The van der Waals surface area contributed by atoms with Gasteiger partial charge in [0.1, 0.15) is 23.9 Å². The summed E-state index contributed by atoms with van der Waals surface area (Å²) in [5.74, 6) is -2.69. The molecule has 0 aliphatic carbocycles. The molecule has 4 atom stereocenters. The maximum atomic E-state index is 11.5. The number of hydrogen-bond donors (Lipinski definition) is 1. The van der Waals surface area contributed by atoms with Gasteiger partial charge in [0.05, 0.1) is 0 Å². The average molecular weight is 372 g/mol. The van der Waals surface area contributed by atoms with Crippen molar-refractivity contribution in [3.8, 4) is 0 Å². The minimum absolute atomic E-state index is 0.177. The maximum Gasteiger partial charge on any atom is 0.416 e. The lowest BCUT2D eigenvalue weighted by Crippen LogP contribution is -2.40. The Kier molecular flexibility index (Phi) is 5.82. The zero-order chi connectivity index (χ0) is 19.4. The molecule has 142 valence electrons. The van der Waals surface area contributed by atoms with Gasteiger partial charge in [-0.05, 0) is 4.92 Å². The van der Waals surface area contributed by atoms with Gasteiger partial charge >= 0.3 is 23.7 Å². The Bertz CT molecular complexity index is 718. The highest BCUT2D eigenvalue weighted by Gasteiger charge is 2.53. The van der Waals surface area contributed by atoms with Crippen LogP contribution < -0.4 is 0 Å². The lowest BCUT2D eigenvalue weighted by Gasteiger charge is -2.22. The highest BCUT2D eigenvalue weighted by Crippen LogP contribution is 2.39. The Morgan fingerprint density at radius 2 is 1.77 bits per heavy atom. The van der Waals surface area contributed by atoms with E-state index in [1.54, 1.807) is 0 Å². The third kappa shape index (κ3) is 4.30. The standard InChI is InChI=1S/C13H16N4O9/c1-5(18)23-4-8-10(24-6(2)19)12(25-7(3)20)11(26-8)9-13(17(21)22)15-16-14-9/h8,10-12H,4H2,1-3H3,(H,14,15,16)/t8-,10-,11+,12-/m1/s1. The Morgan fingerprint density at radius 1 is 1.15 bits per heavy atom. The predicted molar refractivity (Wildman–Crippen MR) is 78.4 cm³/mol. The van der Waals surface area contributed by atoms with Crippen molar-refractivity contribution in [2.45, 2.75) is 45.2 Å². The molecule has 0 unspecified atom stereocenters.